The number of carbonyl (C=O) groups is 1. The monoisotopic (exact) mass is 429 g/mol. The molecule has 9 nitrogen and oxygen atoms in total. The molecule has 1 fully saturated rings. The van der Waals surface area contributed by atoms with Crippen molar-refractivity contribution < 1.29 is 4.79 Å². The van der Waals surface area contributed by atoms with Crippen molar-refractivity contribution in [2.24, 2.45) is 0 Å². The average molecular weight is 429 g/mol. The van der Waals surface area contributed by atoms with Crippen LogP contribution < -0.4 is 16.6 Å². The molecule has 9 heteroatoms. The molecule has 0 unspecified atom stereocenters. The number of pyridine rings is 2. The van der Waals surface area contributed by atoms with Gasteiger partial charge in [-0.05, 0) is 45.0 Å². The van der Waals surface area contributed by atoms with Crippen molar-refractivity contribution in [1.82, 2.24) is 29.9 Å². The molecule has 0 bridgehead atoms. The van der Waals surface area contributed by atoms with E-state index in [1.807, 2.05) is 12.1 Å². The van der Waals surface area contributed by atoms with Gasteiger partial charge in [0.1, 0.15) is 5.82 Å². The van der Waals surface area contributed by atoms with E-state index < -0.39 is 0 Å². The van der Waals surface area contributed by atoms with Gasteiger partial charge in [-0.3, -0.25) is 14.6 Å². The molecule has 5 heterocycles. The van der Waals surface area contributed by atoms with Crippen LogP contribution in [-0.4, -0.2) is 43.4 Å². The molecule has 0 spiro atoms. The maximum absolute atomic E-state index is 12.4. The SMILES string of the molecule is CC(=O)c1c(C2CCNCC2)nc2c(-c3ccc(-c4ccc(=O)[nH]c4)nc3)cnn2c1N. The van der Waals surface area contributed by atoms with Crippen molar-refractivity contribution >= 4 is 17.2 Å². The largest absolute Gasteiger partial charge is 0.383 e. The Morgan fingerprint density at radius 1 is 1.12 bits per heavy atom. The summed E-state index contributed by atoms with van der Waals surface area (Å²) in [5, 5.41) is 7.76. The Hall–Kier alpha value is -3.85. The Balaban J connectivity index is 1.60. The first-order valence-electron chi connectivity index (χ1n) is 10.6. The van der Waals surface area contributed by atoms with Crippen molar-refractivity contribution in [3.05, 3.63) is 64.5 Å². The molecule has 4 N–H and O–H groups in total. The van der Waals surface area contributed by atoms with Crippen LogP contribution in [0.15, 0.2) is 47.7 Å². The lowest BCUT2D eigenvalue weighted by Gasteiger charge is -2.24. The Morgan fingerprint density at radius 3 is 2.56 bits per heavy atom. The van der Waals surface area contributed by atoms with Crippen LogP contribution >= 0.6 is 0 Å². The number of rotatable bonds is 4. The molecule has 0 radical (unpaired) electrons. The number of anilines is 1. The number of nitrogens with zero attached hydrogens (tertiary/aromatic N) is 4. The number of aromatic nitrogens is 5. The molecular weight excluding hydrogens is 406 g/mol. The molecule has 0 aliphatic carbocycles. The number of Topliss-reactive ketones (excluding diaryl/α,β-unsaturated/α-hetero) is 1. The summed E-state index contributed by atoms with van der Waals surface area (Å²) in [6, 6.07) is 7.02. The molecule has 4 aromatic heterocycles. The summed E-state index contributed by atoms with van der Waals surface area (Å²) < 4.78 is 1.53. The van der Waals surface area contributed by atoms with Crippen molar-refractivity contribution in [2.75, 3.05) is 18.8 Å². The highest BCUT2D eigenvalue weighted by atomic mass is 16.1. The van der Waals surface area contributed by atoms with E-state index in [4.69, 9.17) is 10.7 Å². The second-order valence-electron chi connectivity index (χ2n) is 8.01. The third-order valence-electron chi connectivity index (χ3n) is 5.94. The second kappa shape index (κ2) is 8.01. The highest BCUT2D eigenvalue weighted by Crippen LogP contribution is 2.33. The Labute approximate surface area is 183 Å². The van der Waals surface area contributed by atoms with E-state index in [1.54, 1.807) is 24.7 Å². The summed E-state index contributed by atoms with van der Waals surface area (Å²) in [7, 11) is 0. The lowest BCUT2D eigenvalue weighted by atomic mass is 9.90. The summed E-state index contributed by atoms with van der Waals surface area (Å²) in [4.78, 5) is 35.8. The van der Waals surface area contributed by atoms with E-state index in [-0.39, 0.29) is 17.3 Å². The standard InChI is InChI=1S/C23H23N7O2/c1-13(31)20-21(14-6-8-25-9-7-14)29-23-17(12-28-30(23)22(20)24)15-2-4-18(26-10-15)16-3-5-19(32)27-11-16/h2-5,10-12,14,25H,6-9,24H2,1H3,(H,27,32). The van der Waals surface area contributed by atoms with Gasteiger partial charge in [-0.15, -0.1) is 0 Å². The van der Waals surface area contributed by atoms with E-state index in [9.17, 15) is 9.59 Å². The molecular formula is C23H23N7O2. The van der Waals surface area contributed by atoms with Crippen molar-refractivity contribution in [3.8, 4) is 22.4 Å². The zero-order chi connectivity index (χ0) is 22.2. The van der Waals surface area contributed by atoms with Gasteiger partial charge in [-0.25, -0.2) is 4.98 Å². The predicted octanol–water partition coefficient (Wildman–Crippen LogP) is 2.40. The summed E-state index contributed by atoms with van der Waals surface area (Å²) in [6.45, 7) is 3.29. The smallest absolute Gasteiger partial charge is 0.247 e. The fourth-order valence-electron chi connectivity index (χ4n) is 4.28. The quantitative estimate of drug-likeness (QED) is 0.425. The molecule has 0 atom stereocenters. The number of nitrogen functional groups attached to an aromatic ring is 1. The van der Waals surface area contributed by atoms with Gasteiger partial charge in [0.25, 0.3) is 0 Å². The van der Waals surface area contributed by atoms with E-state index >= 15 is 0 Å². The van der Waals surface area contributed by atoms with Crippen LogP contribution in [0.4, 0.5) is 5.82 Å². The van der Waals surface area contributed by atoms with E-state index in [0.717, 1.165) is 54.0 Å². The number of fused-ring (bicyclic) bond motifs is 1. The molecule has 162 valence electrons. The molecule has 1 aliphatic heterocycles. The third-order valence-corrected chi connectivity index (χ3v) is 5.94. The van der Waals surface area contributed by atoms with Crippen LogP contribution in [0, 0.1) is 0 Å². The second-order valence-corrected chi connectivity index (χ2v) is 8.01. The molecule has 1 aliphatic rings. The van der Waals surface area contributed by atoms with Crippen LogP contribution in [0.25, 0.3) is 28.0 Å². The average Bonchev–Trinajstić information content (AvgIpc) is 3.24. The van der Waals surface area contributed by atoms with Gasteiger partial charge in [0.2, 0.25) is 5.56 Å². The minimum absolute atomic E-state index is 0.102. The number of piperidine rings is 1. The Bertz CT molecular complexity index is 1350. The van der Waals surface area contributed by atoms with Gasteiger partial charge in [0.05, 0.1) is 23.1 Å². The zero-order valence-electron chi connectivity index (χ0n) is 17.6. The molecule has 1 saturated heterocycles. The van der Waals surface area contributed by atoms with Crippen molar-refractivity contribution in [2.45, 2.75) is 25.7 Å². The van der Waals surface area contributed by atoms with E-state index in [1.165, 1.54) is 17.5 Å². The van der Waals surface area contributed by atoms with Crippen LogP contribution in [0.5, 0.6) is 0 Å². The molecule has 0 amide bonds. The maximum Gasteiger partial charge on any atom is 0.247 e. The lowest BCUT2D eigenvalue weighted by Crippen LogP contribution is -2.28. The van der Waals surface area contributed by atoms with Gasteiger partial charge in [-0.2, -0.15) is 9.61 Å². The highest BCUT2D eigenvalue weighted by molar-refractivity contribution is 6.00. The summed E-state index contributed by atoms with van der Waals surface area (Å²) in [5.41, 5.74) is 11.3. The molecule has 0 aromatic carbocycles. The number of hydrogen-bond acceptors (Lipinski definition) is 7. The fourth-order valence-corrected chi connectivity index (χ4v) is 4.28. The number of carbonyl (C=O) groups excluding carboxylic acids is 1. The number of aromatic amines is 1. The zero-order valence-corrected chi connectivity index (χ0v) is 17.6. The van der Waals surface area contributed by atoms with Gasteiger partial charge in [-0.1, -0.05) is 6.07 Å². The van der Waals surface area contributed by atoms with Gasteiger partial charge < -0.3 is 16.0 Å². The summed E-state index contributed by atoms with van der Waals surface area (Å²) in [5.74, 6) is 0.389. The molecule has 0 saturated carbocycles. The predicted molar refractivity (Wildman–Crippen MR) is 122 cm³/mol. The summed E-state index contributed by atoms with van der Waals surface area (Å²) >= 11 is 0. The molecule has 32 heavy (non-hydrogen) atoms. The van der Waals surface area contributed by atoms with Gasteiger partial charge in [0.15, 0.2) is 11.4 Å². The molecule has 5 rings (SSSR count). The number of ketones is 1. The number of hydrogen-bond donors (Lipinski definition) is 3. The first-order valence-corrected chi connectivity index (χ1v) is 10.6. The number of H-pyrrole nitrogens is 1. The van der Waals surface area contributed by atoms with Crippen LogP contribution in [0.1, 0.15) is 41.7 Å². The van der Waals surface area contributed by atoms with Crippen molar-refractivity contribution in [3.63, 3.8) is 0 Å². The summed E-state index contributed by atoms with van der Waals surface area (Å²) in [6.07, 6.45) is 6.89. The Kier molecular flexibility index (Phi) is 5.02. The number of nitrogens with one attached hydrogen (secondary N) is 2. The van der Waals surface area contributed by atoms with Crippen LogP contribution in [-0.2, 0) is 0 Å². The minimum Gasteiger partial charge on any atom is -0.383 e. The fraction of sp³-hybridized carbons (Fsp3) is 0.261. The number of nitrogens with two attached hydrogens (primary N) is 1. The maximum atomic E-state index is 12.4. The van der Waals surface area contributed by atoms with Crippen molar-refractivity contribution in [1.29, 1.82) is 0 Å². The first kappa shape index (κ1) is 20.1. The van der Waals surface area contributed by atoms with E-state index in [0.29, 0.717) is 17.0 Å². The first-order chi connectivity index (χ1) is 15.5. The molecule has 4 aromatic rings. The lowest BCUT2D eigenvalue weighted by molar-refractivity contribution is 0.101. The van der Waals surface area contributed by atoms with Crippen LogP contribution in [0.3, 0.4) is 0 Å². The van der Waals surface area contributed by atoms with E-state index in [2.05, 4.69) is 20.4 Å². The van der Waals surface area contributed by atoms with Crippen LogP contribution in [0.2, 0.25) is 0 Å². The van der Waals surface area contributed by atoms with Gasteiger partial charge >= 0.3 is 0 Å². The minimum atomic E-state index is -0.158. The van der Waals surface area contributed by atoms with Gasteiger partial charge in [0, 0.05) is 41.1 Å². The normalized spacial score (nSPS) is 14.7. The highest BCUT2D eigenvalue weighted by Gasteiger charge is 2.26. The Morgan fingerprint density at radius 2 is 1.91 bits per heavy atom. The topological polar surface area (TPSA) is 131 Å². The third kappa shape index (κ3) is 3.46.